The van der Waals surface area contributed by atoms with Crippen LogP contribution in [0.4, 0.5) is 5.69 Å². The zero-order valence-electron chi connectivity index (χ0n) is 14.7. The van der Waals surface area contributed by atoms with E-state index in [2.05, 4.69) is 27.2 Å². The van der Waals surface area contributed by atoms with Gasteiger partial charge in [-0.25, -0.2) is 0 Å². The fraction of sp³-hybridized carbons (Fsp3) is 0.500. The smallest absolute Gasteiger partial charge is 0.223 e. The number of hydrogen-bond acceptors (Lipinski definition) is 5. The molecule has 7 nitrogen and oxygen atoms in total. The van der Waals surface area contributed by atoms with Gasteiger partial charge in [0.2, 0.25) is 5.91 Å². The lowest BCUT2D eigenvalue weighted by Crippen LogP contribution is -2.42. The largest absolute Gasteiger partial charge is 0.394 e. The van der Waals surface area contributed by atoms with E-state index in [0.29, 0.717) is 0 Å². The average Bonchev–Trinajstić information content (AvgIpc) is 3.06. The van der Waals surface area contributed by atoms with E-state index in [1.807, 2.05) is 25.5 Å². The Hall–Kier alpha value is -2.41. The Morgan fingerprint density at radius 3 is 2.76 bits per heavy atom. The summed E-state index contributed by atoms with van der Waals surface area (Å²) in [5, 5.41) is 16.7. The molecule has 3 rings (SSSR count). The van der Waals surface area contributed by atoms with Crippen LogP contribution in [-0.2, 0) is 11.8 Å². The molecule has 1 unspecified atom stereocenters. The monoisotopic (exact) mass is 343 g/mol. The van der Waals surface area contributed by atoms with Gasteiger partial charge in [0.15, 0.2) is 0 Å². The Morgan fingerprint density at radius 1 is 1.40 bits per heavy atom. The van der Waals surface area contributed by atoms with Gasteiger partial charge in [0.05, 0.1) is 18.8 Å². The Labute approximate surface area is 147 Å². The van der Waals surface area contributed by atoms with Gasteiger partial charge in [-0.3, -0.25) is 14.5 Å². The molecule has 1 fully saturated rings. The highest BCUT2D eigenvalue weighted by Gasteiger charge is 2.27. The summed E-state index contributed by atoms with van der Waals surface area (Å²) in [6.07, 6.45) is 8.78. The zero-order valence-corrected chi connectivity index (χ0v) is 14.7. The third-order valence-corrected chi connectivity index (χ3v) is 4.82. The minimum atomic E-state index is -0.401. The van der Waals surface area contributed by atoms with Crippen LogP contribution in [0, 0.1) is 12.8 Å². The van der Waals surface area contributed by atoms with E-state index in [-0.39, 0.29) is 18.4 Å². The molecule has 2 N–H and O–H groups in total. The van der Waals surface area contributed by atoms with E-state index in [0.717, 1.165) is 37.1 Å². The number of nitrogens with one attached hydrogen (secondary N) is 1. The topological polar surface area (TPSA) is 83.3 Å². The molecule has 1 atom stereocenters. The first-order chi connectivity index (χ1) is 12.1. The molecule has 1 aliphatic rings. The van der Waals surface area contributed by atoms with Crippen molar-refractivity contribution in [3.05, 3.63) is 42.0 Å². The minimum Gasteiger partial charge on any atom is -0.394 e. The molecule has 2 aromatic rings. The summed E-state index contributed by atoms with van der Waals surface area (Å²) in [7, 11) is 1.82. The Morgan fingerprint density at radius 2 is 2.16 bits per heavy atom. The maximum Gasteiger partial charge on any atom is 0.223 e. The number of piperidine rings is 1. The molecule has 3 heterocycles. The molecule has 2 aromatic heterocycles. The van der Waals surface area contributed by atoms with Crippen LogP contribution in [0.5, 0.6) is 0 Å². The number of rotatable bonds is 5. The van der Waals surface area contributed by atoms with E-state index in [4.69, 9.17) is 0 Å². The van der Waals surface area contributed by atoms with E-state index >= 15 is 0 Å². The number of carbonyl (C=O) groups excluding carboxylic acids is 1. The van der Waals surface area contributed by atoms with Crippen molar-refractivity contribution in [1.29, 1.82) is 0 Å². The molecule has 1 amide bonds. The number of nitrogens with zero attached hydrogens (tertiary/aromatic N) is 4. The summed E-state index contributed by atoms with van der Waals surface area (Å²) >= 11 is 0. The van der Waals surface area contributed by atoms with Gasteiger partial charge < -0.3 is 15.3 Å². The third kappa shape index (κ3) is 3.99. The number of aromatic nitrogens is 3. The second kappa shape index (κ2) is 7.65. The molecule has 7 heteroatoms. The molecular weight excluding hydrogens is 318 g/mol. The van der Waals surface area contributed by atoms with Crippen LogP contribution in [0.15, 0.2) is 30.9 Å². The number of hydrogen-bond donors (Lipinski definition) is 2. The molecule has 0 aromatic carbocycles. The fourth-order valence-electron chi connectivity index (χ4n) is 3.35. The Balaban J connectivity index is 1.57. The molecule has 0 aliphatic carbocycles. The van der Waals surface area contributed by atoms with Gasteiger partial charge in [-0.1, -0.05) is 0 Å². The summed E-state index contributed by atoms with van der Waals surface area (Å²) < 4.78 is 1.67. The minimum absolute atomic E-state index is 0.00834. The van der Waals surface area contributed by atoms with Crippen molar-refractivity contribution < 1.29 is 9.90 Å². The molecule has 134 valence electrons. The van der Waals surface area contributed by atoms with Crippen molar-refractivity contribution in [2.75, 3.05) is 24.6 Å². The van der Waals surface area contributed by atoms with E-state index in [1.54, 1.807) is 17.1 Å². The molecule has 0 radical (unpaired) electrons. The first kappa shape index (κ1) is 17.4. The lowest BCUT2D eigenvalue weighted by atomic mass is 9.94. The SMILES string of the molecule is Cc1cnccc1N1CCC(C(=O)NC(CO)c2cnn(C)c2)CC1. The van der Waals surface area contributed by atoms with Gasteiger partial charge in [0.1, 0.15) is 0 Å². The Kier molecular flexibility index (Phi) is 5.33. The standard InChI is InChI=1S/C18H25N5O2/c1-13-9-19-6-3-17(13)23-7-4-14(5-8-23)18(25)21-16(12-24)15-10-20-22(2)11-15/h3,6,9-11,14,16,24H,4-5,7-8,12H2,1-2H3,(H,21,25). The summed E-state index contributed by atoms with van der Waals surface area (Å²) in [6.45, 7) is 3.62. The molecule has 25 heavy (non-hydrogen) atoms. The number of aryl methyl sites for hydroxylation is 2. The number of amides is 1. The zero-order chi connectivity index (χ0) is 17.8. The van der Waals surface area contributed by atoms with Gasteiger partial charge >= 0.3 is 0 Å². The van der Waals surface area contributed by atoms with E-state index < -0.39 is 6.04 Å². The summed E-state index contributed by atoms with van der Waals surface area (Å²) in [4.78, 5) is 19.0. The van der Waals surface area contributed by atoms with Crippen molar-refractivity contribution >= 4 is 11.6 Å². The second-order valence-electron chi connectivity index (χ2n) is 6.61. The van der Waals surface area contributed by atoms with Crippen LogP contribution in [0.3, 0.4) is 0 Å². The molecule has 1 aliphatic heterocycles. The van der Waals surface area contributed by atoms with Crippen molar-refractivity contribution in [3.63, 3.8) is 0 Å². The van der Waals surface area contributed by atoms with Crippen molar-refractivity contribution in [3.8, 4) is 0 Å². The lowest BCUT2D eigenvalue weighted by molar-refractivity contribution is -0.126. The van der Waals surface area contributed by atoms with Gasteiger partial charge in [-0.05, 0) is 31.4 Å². The Bertz CT molecular complexity index is 722. The first-order valence-electron chi connectivity index (χ1n) is 8.64. The highest BCUT2D eigenvalue weighted by Crippen LogP contribution is 2.26. The van der Waals surface area contributed by atoms with Crippen molar-refractivity contribution in [2.24, 2.45) is 13.0 Å². The third-order valence-electron chi connectivity index (χ3n) is 4.82. The van der Waals surface area contributed by atoms with Crippen molar-refractivity contribution in [2.45, 2.75) is 25.8 Å². The van der Waals surface area contributed by atoms with Crippen LogP contribution in [0.2, 0.25) is 0 Å². The van der Waals surface area contributed by atoms with Gasteiger partial charge in [0.25, 0.3) is 0 Å². The van der Waals surface area contributed by atoms with Crippen LogP contribution in [0.25, 0.3) is 0 Å². The summed E-state index contributed by atoms with van der Waals surface area (Å²) in [5.41, 5.74) is 3.17. The number of aliphatic hydroxyl groups excluding tert-OH is 1. The first-order valence-corrected chi connectivity index (χ1v) is 8.64. The number of aliphatic hydroxyl groups is 1. The van der Waals surface area contributed by atoms with Gasteiger partial charge in [-0.2, -0.15) is 5.10 Å². The quantitative estimate of drug-likeness (QED) is 0.852. The normalized spacial score (nSPS) is 16.7. The molecule has 0 saturated carbocycles. The van der Waals surface area contributed by atoms with Crippen LogP contribution < -0.4 is 10.2 Å². The molecule has 0 bridgehead atoms. The predicted molar refractivity (Wildman–Crippen MR) is 95.1 cm³/mol. The number of carbonyl (C=O) groups is 1. The maximum absolute atomic E-state index is 12.6. The second-order valence-corrected chi connectivity index (χ2v) is 6.61. The lowest BCUT2D eigenvalue weighted by Gasteiger charge is -2.34. The van der Waals surface area contributed by atoms with Crippen molar-refractivity contribution in [1.82, 2.24) is 20.1 Å². The van der Waals surface area contributed by atoms with E-state index in [9.17, 15) is 9.90 Å². The molecule has 0 spiro atoms. The van der Waals surface area contributed by atoms with Gasteiger partial charge in [0, 0.05) is 55.9 Å². The van der Waals surface area contributed by atoms with Crippen LogP contribution in [0.1, 0.15) is 30.0 Å². The highest BCUT2D eigenvalue weighted by atomic mass is 16.3. The summed E-state index contributed by atoms with van der Waals surface area (Å²) in [6, 6.07) is 1.63. The fourth-order valence-corrected chi connectivity index (χ4v) is 3.35. The highest BCUT2D eigenvalue weighted by molar-refractivity contribution is 5.79. The number of pyridine rings is 1. The van der Waals surface area contributed by atoms with Gasteiger partial charge in [-0.15, -0.1) is 0 Å². The van der Waals surface area contributed by atoms with Crippen LogP contribution >= 0.6 is 0 Å². The maximum atomic E-state index is 12.6. The average molecular weight is 343 g/mol. The molecule has 1 saturated heterocycles. The number of anilines is 1. The predicted octanol–water partition coefficient (Wildman–Crippen LogP) is 1.19. The molecular formula is C18H25N5O2. The van der Waals surface area contributed by atoms with Crippen LogP contribution in [-0.4, -0.2) is 45.5 Å². The summed E-state index contributed by atoms with van der Waals surface area (Å²) in [5.74, 6) is -0.0156. The van der Waals surface area contributed by atoms with E-state index in [1.165, 1.54) is 5.69 Å².